The number of alkyl halides is 3. The van der Waals surface area contributed by atoms with E-state index in [1.807, 2.05) is 24.3 Å². The van der Waals surface area contributed by atoms with Crippen LogP contribution in [0.25, 0.3) is 0 Å². The summed E-state index contributed by atoms with van der Waals surface area (Å²) in [5, 5.41) is 2.65. The van der Waals surface area contributed by atoms with Crippen LogP contribution in [0, 0.1) is 0 Å². The SMILES string of the molecule is CC(Nc1nccc(C(F)(F)F)n1)C(=O)N1CCc2ccccc21. The Bertz CT molecular complexity index is 763. The van der Waals surface area contributed by atoms with E-state index in [1.165, 1.54) is 0 Å². The predicted octanol–water partition coefficient (Wildman–Crippen LogP) is 2.89. The highest BCUT2D eigenvalue weighted by Crippen LogP contribution is 2.29. The minimum Gasteiger partial charge on any atom is -0.343 e. The zero-order valence-electron chi connectivity index (χ0n) is 12.8. The highest BCUT2D eigenvalue weighted by molar-refractivity contribution is 5.99. The first-order valence-electron chi connectivity index (χ1n) is 7.42. The number of hydrogen-bond donors (Lipinski definition) is 1. The summed E-state index contributed by atoms with van der Waals surface area (Å²) >= 11 is 0. The molecule has 0 saturated heterocycles. The normalized spacial score (nSPS) is 15.1. The van der Waals surface area contributed by atoms with Gasteiger partial charge in [-0.25, -0.2) is 9.97 Å². The highest BCUT2D eigenvalue weighted by atomic mass is 19.4. The van der Waals surface area contributed by atoms with E-state index in [0.717, 1.165) is 29.9 Å². The van der Waals surface area contributed by atoms with E-state index in [1.54, 1.807) is 11.8 Å². The average molecular weight is 336 g/mol. The molecular weight excluding hydrogens is 321 g/mol. The van der Waals surface area contributed by atoms with Gasteiger partial charge in [0.25, 0.3) is 0 Å². The summed E-state index contributed by atoms with van der Waals surface area (Å²) in [6, 6.07) is 7.60. The van der Waals surface area contributed by atoms with Crippen molar-refractivity contribution in [2.24, 2.45) is 0 Å². The molecular formula is C16H15F3N4O. The first-order chi connectivity index (χ1) is 11.4. The summed E-state index contributed by atoms with van der Waals surface area (Å²) < 4.78 is 38.0. The zero-order valence-corrected chi connectivity index (χ0v) is 12.8. The Morgan fingerprint density at radius 2 is 2.04 bits per heavy atom. The van der Waals surface area contributed by atoms with E-state index in [9.17, 15) is 18.0 Å². The number of carbonyl (C=O) groups excluding carboxylic acids is 1. The Balaban J connectivity index is 1.74. The Hall–Kier alpha value is -2.64. The molecule has 1 amide bonds. The van der Waals surface area contributed by atoms with Crippen LogP contribution in [0.1, 0.15) is 18.2 Å². The molecule has 0 spiro atoms. The second kappa shape index (κ2) is 6.10. The summed E-state index contributed by atoms with van der Waals surface area (Å²) in [4.78, 5) is 21.4. The smallest absolute Gasteiger partial charge is 0.343 e. The number of anilines is 2. The third-order valence-electron chi connectivity index (χ3n) is 3.82. The maximum absolute atomic E-state index is 12.7. The molecule has 1 aromatic heterocycles. The van der Waals surface area contributed by atoms with Crippen LogP contribution in [0.3, 0.4) is 0 Å². The largest absolute Gasteiger partial charge is 0.433 e. The van der Waals surface area contributed by atoms with Crippen LogP contribution in [0.15, 0.2) is 36.5 Å². The molecule has 1 aliphatic rings. The lowest BCUT2D eigenvalue weighted by molar-refractivity contribution is -0.141. The van der Waals surface area contributed by atoms with Crippen molar-refractivity contribution < 1.29 is 18.0 Å². The van der Waals surface area contributed by atoms with Crippen molar-refractivity contribution in [3.63, 3.8) is 0 Å². The van der Waals surface area contributed by atoms with E-state index in [0.29, 0.717) is 6.54 Å². The third kappa shape index (κ3) is 3.17. The molecule has 0 aliphatic carbocycles. The number of rotatable bonds is 3. The minimum atomic E-state index is -4.56. The lowest BCUT2D eigenvalue weighted by Gasteiger charge is -2.22. The van der Waals surface area contributed by atoms with Crippen molar-refractivity contribution in [3.8, 4) is 0 Å². The number of amides is 1. The van der Waals surface area contributed by atoms with E-state index >= 15 is 0 Å². The molecule has 8 heteroatoms. The molecule has 24 heavy (non-hydrogen) atoms. The Labute approximate surface area is 136 Å². The van der Waals surface area contributed by atoms with Crippen LogP contribution in [0.4, 0.5) is 24.8 Å². The molecule has 2 heterocycles. The molecule has 0 radical (unpaired) electrons. The van der Waals surface area contributed by atoms with Crippen LogP contribution in [0.2, 0.25) is 0 Å². The highest BCUT2D eigenvalue weighted by Gasteiger charge is 2.33. The molecule has 1 N–H and O–H groups in total. The number of nitrogens with zero attached hydrogens (tertiary/aromatic N) is 3. The second-order valence-electron chi connectivity index (χ2n) is 5.50. The number of fused-ring (bicyclic) bond motifs is 1. The van der Waals surface area contributed by atoms with Crippen molar-refractivity contribution in [1.29, 1.82) is 0 Å². The van der Waals surface area contributed by atoms with Gasteiger partial charge in [-0.3, -0.25) is 4.79 Å². The Morgan fingerprint density at radius 3 is 2.79 bits per heavy atom. The Kier molecular flexibility index (Phi) is 4.13. The molecule has 5 nitrogen and oxygen atoms in total. The summed E-state index contributed by atoms with van der Waals surface area (Å²) in [6.45, 7) is 2.13. The number of nitrogens with one attached hydrogen (secondary N) is 1. The number of carbonyl (C=O) groups is 1. The molecule has 3 rings (SSSR count). The first-order valence-corrected chi connectivity index (χ1v) is 7.42. The monoisotopic (exact) mass is 336 g/mol. The summed E-state index contributed by atoms with van der Waals surface area (Å²) in [5.41, 5.74) is 0.862. The van der Waals surface area contributed by atoms with Crippen molar-refractivity contribution in [2.75, 3.05) is 16.8 Å². The van der Waals surface area contributed by atoms with Crippen LogP contribution in [0.5, 0.6) is 0 Å². The fourth-order valence-corrected chi connectivity index (χ4v) is 2.64. The van der Waals surface area contributed by atoms with Crippen molar-refractivity contribution >= 4 is 17.5 Å². The van der Waals surface area contributed by atoms with E-state index in [2.05, 4.69) is 15.3 Å². The number of halogens is 3. The predicted molar refractivity (Wildman–Crippen MR) is 82.6 cm³/mol. The van der Waals surface area contributed by atoms with Gasteiger partial charge in [-0.05, 0) is 31.0 Å². The van der Waals surface area contributed by atoms with Gasteiger partial charge in [0.1, 0.15) is 11.7 Å². The van der Waals surface area contributed by atoms with E-state index in [-0.39, 0.29) is 11.9 Å². The molecule has 0 fully saturated rings. The molecule has 1 atom stereocenters. The van der Waals surface area contributed by atoms with Crippen molar-refractivity contribution in [3.05, 3.63) is 47.8 Å². The molecule has 1 aromatic carbocycles. The van der Waals surface area contributed by atoms with Crippen LogP contribution in [-0.4, -0.2) is 28.5 Å². The molecule has 1 unspecified atom stereocenters. The van der Waals surface area contributed by atoms with Gasteiger partial charge in [0, 0.05) is 18.4 Å². The molecule has 0 saturated carbocycles. The van der Waals surface area contributed by atoms with Gasteiger partial charge in [0.05, 0.1) is 0 Å². The van der Waals surface area contributed by atoms with Crippen molar-refractivity contribution in [1.82, 2.24) is 9.97 Å². The third-order valence-corrected chi connectivity index (χ3v) is 3.82. The number of benzene rings is 1. The van der Waals surface area contributed by atoms with Gasteiger partial charge in [-0.2, -0.15) is 13.2 Å². The van der Waals surface area contributed by atoms with Crippen molar-refractivity contribution in [2.45, 2.75) is 25.6 Å². The number of aromatic nitrogens is 2. The van der Waals surface area contributed by atoms with Gasteiger partial charge < -0.3 is 10.2 Å². The molecule has 126 valence electrons. The number of hydrogen-bond acceptors (Lipinski definition) is 4. The fourth-order valence-electron chi connectivity index (χ4n) is 2.64. The average Bonchev–Trinajstić information content (AvgIpc) is 2.97. The maximum atomic E-state index is 12.7. The number of para-hydroxylation sites is 1. The van der Waals surface area contributed by atoms with Gasteiger partial charge in [-0.15, -0.1) is 0 Å². The molecule has 2 aromatic rings. The van der Waals surface area contributed by atoms with Gasteiger partial charge >= 0.3 is 6.18 Å². The molecule has 1 aliphatic heterocycles. The quantitative estimate of drug-likeness (QED) is 0.936. The van der Waals surface area contributed by atoms with Gasteiger partial charge in [-0.1, -0.05) is 18.2 Å². The van der Waals surface area contributed by atoms with Crippen LogP contribution >= 0.6 is 0 Å². The van der Waals surface area contributed by atoms with E-state index < -0.39 is 17.9 Å². The fraction of sp³-hybridized carbons (Fsp3) is 0.312. The van der Waals surface area contributed by atoms with Gasteiger partial charge in [0.15, 0.2) is 0 Å². The summed E-state index contributed by atoms with van der Waals surface area (Å²) in [5.74, 6) is -0.459. The van der Waals surface area contributed by atoms with Crippen LogP contribution < -0.4 is 10.2 Å². The first kappa shape index (κ1) is 16.2. The Morgan fingerprint density at radius 1 is 1.29 bits per heavy atom. The lowest BCUT2D eigenvalue weighted by Crippen LogP contribution is -2.41. The van der Waals surface area contributed by atoms with E-state index in [4.69, 9.17) is 0 Å². The second-order valence-corrected chi connectivity index (χ2v) is 5.50. The standard InChI is InChI=1S/C16H15F3N4O/c1-10(21-15-20-8-6-13(22-15)16(17,18)19)14(24)23-9-7-11-4-2-3-5-12(11)23/h2-6,8,10H,7,9H2,1H3,(H,20,21,22). The van der Waals surface area contributed by atoms with Crippen LogP contribution in [-0.2, 0) is 17.4 Å². The maximum Gasteiger partial charge on any atom is 0.433 e. The summed E-state index contributed by atoms with van der Waals surface area (Å²) in [6.07, 6.45) is -2.78. The van der Waals surface area contributed by atoms with Gasteiger partial charge in [0.2, 0.25) is 11.9 Å². The minimum absolute atomic E-state index is 0.224. The molecule has 0 bridgehead atoms. The zero-order chi connectivity index (χ0) is 17.3. The topological polar surface area (TPSA) is 58.1 Å². The lowest BCUT2D eigenvalue weighted by atomic mass is 10.2. The summed E-state index contributed by atoms with van der Waals surface area (Å²) in [7, 11) is 0.